The Labute approximate surface area is 153 Å². The summed E-state index contributed by atoms with van der Waals surface area (Å²) >= 11 is 0. The van der Waals surface area contributed by atoms with Crippen LogP contribution in [0.5, 0.6) is 5.75 Å². The number of para-hydroxylation sites is 1. The van der Waals surface area contributed by atoms with Crippen LogP contribution in [0.2, 0.25) is 0 Å². The highest BCUT2D eigenvalue weighted by atomic mass is 16.5. The average molecular weight is 373 g/mol. The Morgan fingerprint density at radius 1 is 1.41 bits per heavy atom. The van der Waals surface area contributed by atoms with E-state index >= 15 is 0 Å². The molecule has 0 spiro atoms. The van der Waals surface area contributed by atoms with Crippen molar-refractivity contribution < 1.29 is 19.7 Å². The number of hydrogen-bond donors (Lipinski definition) is 4. The second-order valence-electron chi connectivity index (χ2n) is 6.24. The topological polar surface area (TPSA) is 149 Å². The molecule has 1 aliphatic rings. The van der Waals surface area contributed by atoms with Gasteiger partial charge in [-0.1, -0.05) is 12.1 Å². The summed E-state index contributed by atoms with van der Waals surface area (Å²) < 4.78 is 12.8. The number of ether oxygens (including phenoxy) is 2. The fourth-order valence-corrected chi connectivity index (χ4v) is 3.33. The SMILES string of the molecule is COc1ccccc1-c1nc2c(=O)[nH]c(N)nc2n1[C@H]1C[C@H](O)[C@@H](CO)O1. The number of aromatic amines is 1. The number of aliphatic hydroxyl groups is 2. The molecule has 2 aromatic heterocycles. The predicted octanol–water partition coefficient (Wildman–Crippen LogP) is 0.0181. The molecule has 10 nitrogen and oxygen atoms in total. The third kappa shape index (κ3) is 2.83. The summed E-state index contributed by atoms with van der Waals surface area (Å²) in [5.74, 6) is 0.884. The number of aromatic nitrogens is 4. The van der Waals surface area contributed by atoms with Crippen LogP contribution >= 0.6 is 0 Å². The maximum absolute atomic E-state index is 12.3. The number of H-pyrrole nitrogens is 1. The molecule has 1 fully saturated rings. The third-order valence-electron chi connectivity index (χ3n) is 4.59. The number of benzene rings is 1. The molecule has 0 amide bonds. The van der Waals surface area contributed by atoms with Crippen LogP contribution in [0, 0.1) is 0 Å². The highest BCUT2D eigenvalue weighted by molar-refractivity contribution is 5.79. The van der Waals surface area contributed by atoms with E-state index in [-0.39, 0.29) is 30.1 Å². The van der Waals surface area contributed by atoms with Crippen molar-refractivity contribution in [2.24, 2.45) is 0 Å². The lowest BCUT2D eigenvalue weighted by Crippen LogP contribution is -2.24. The van der Waals surface area contributed by atoms with Gasteiger partial charge in [-0.25, -0.2) is 4.98 Å². The molecule has 1 saturated heterocycles. The molecular formula is C17H19N5O5. The van der Waals surface area contributed by atoms with Gasteiger partial charge in [0.2, 0.25) is 5.95 Å². The molecule has 0 aliphatic carbocycles. The van der Waals surface area contributed by atoms with Crippen molar-refractivity contribution in [1.82, 2.24) is 19.5 Å². The lowest BCUT2D eigenvalue weighted by molar-refractivity contribution is -0.0426. The van der Waals surface area contributed by atoms with E-state index in [1.165, 1.54) is 7.11 Å². The van der Waals surface area contributed by atoms with Crippen LogP contribution in [0.15, 0.2) is 29.1 Å². The standard InChI is InChI=1S/C17H19N5O5/c1-26-10-5-3-2-4-8(10)14-19-13-15(20-17(18)21-16(13)25)22(14)12-6-9(24)11(7-23)27-12/h2-5,9,11-12,23-24H,6-7H2,1H3,(H3,18,20,21,25)/t9-,11+,12+/m0/s1. The minimum Gasteiger partial charge on any atom is -0.496 e. The van der Waals surface area contributed by atoms with Gasteiger partial charge >= 0.3 is 0 Å². The number of anilines is 1. The molecule has 3 aromatic rings. The van der Waals surface area contributed by atoms with Gasteiger partial charge in [-0.3, -0.25) is 14.3 Å². The van der Waals surface area contributed by atoms with Gasteiger partial charge in [0.25, 0.3) is 5.56 Å². The maximum Gasteiger partial charge on any atom is 0.280 e. The van der Waals surface area contributed by atoms with E-state index in [0.717, 1.165) is 0 Å². The molecule has 3 atom stereocenters. The highest BCUT2D eigenvalue weighted by Crippen LogP contribution is 2.37. The number of imidazole rings is 1. The average Bonchev–Trinajstić information content (AvgIpc) is 3.21. The van der Waals surface area contributed by atoms with E-state index in [0.29, 0.717) is 17.1 Å². The molecule has 0 bridgehead atoms. The Kier molecular flexibility index (Phi) is 4.30. The second-order valence-corrected chi connectivity index (χ2v) is 6.24. The molecule has 5 N–H and O–H groups in total. The molecular weight excluding hydrogens is 354 g/mol. The number of hydrogen-bond acceptors (Lipinski definition) is 8. The van der Waals surface area contributed by atoms with Gasteiger partial charge in [-0.05, 0) is 12.1 Å². The molecule has 0 radical (unpaired) electrons. The van der Waals surface area contributed by atoms with Gasteiger partial charge in [-0.2, -0.15) is 4.98 Å². The van der Waals surface area contributed by atoms with Crippen LogP contribution in [0.25, 0.3) is 22.6 Å². The Balaban J connectivity index is 1.99. The smallest absolute Gasteiger partial charge is 0.280 e. The van der Waals surface area contributed by atoms with Crippen molar-refractivity contribution in [3.8, 4) is 17.1 Å². The van der Waals surface area contributed by atoms with Crippen LogP contribution in [0.1, 0.15) is 12.6 Å². The fraction of sp³-hybridized carbons (Fsp3) is 0.353. The number of aliphatic hydroxyl groups excluding tert-OH is 2. The first-order chi connectivity index (χ1) is 13.0. The summed E-state index contributed by atoms with van der Waals surface area (Å²) in [4.78, 5) is 23.4. The zero-order valence-electron chi connectivity index (χ0n) is 14.5. The molecule has 0 unspecified atom stereocenters. The van der Waals surface area contributed by atoms with Crippen LogP contribution in [-0.4, -0.2) is 55.7 Å². The Morgan fingerprint density at radius 2 is 2.19 bits per heavy atom. The number of nitrogens with one attached hydrogen (secondary N) is 1. The summed E-state index contributed by atoms with van der Waals surface area (Å²) in [6.07, 6.45) is -2.08. The van der Waals surface area contributed by atoms with E-state index < -0.39 is 24.0 Å². The van der Waals surface area contributed by atoms with Crippen LogP contribution < -0.4 is 16.0 Å². The lowest BCUT2D eigenvalue weighted by Gasteiger charge is -2.17. The quantitative estimate of drug-likeness (QED) is 0.500. The van der Waals surface area contributed by atoms with Crippen molar-refractivity contribution in [2.75, 3.05) is 19.5 Å². The summed E-state index contributed by atoms with van der Waals surface area (Å²) in [5, 5.41) is 19.5. The minimum absolute atomic E-state index is 0.0579. The van der Waals surface area contributed by atoms with Crippen LogP contribution in [0.4, 0.5) is 5.95 Å². The number of methoxy groups -OCH3 is 1. The first kappa shape index (κ1) is 17.5. The Morgan fingerprint density at radius 3 is 2.89 bits per heavy atom. The van der Waals surface area contributed by atoms with Gasteiger partial charge in [0.1, 0.15) is 23.9 Å². The fourth-order valence-electron chi connectivity index (χ4n) is 3.33. The number of rotatable bonds is 4. The monoisotopic (exact) mass is 373 g/mol. The molecule has 4 rings (SSSR count). The Bertz CT molecular complexity index is 1050. The molecule has 1 aromatic carbocycles. The van der Waals surface area contributed by atoms with E-state index in [1.54, 1.807) is 16.7 Å². The van der Waals surface area contributed by atoms with E-state index in [4.69, 9.17) is 15.2 Å². The third-order valence-corrected chi connectivity index (χ3v) is 4.59. The number of fused-ring (bicyclic) bond motifs is 1. The van der Waals surface area contributed by atoms with E-state index in [1.807, 2.05) is 12.1 Å². The first-order valence-corrected chi connectivity index (χ1v) is 8.39. The predicted molar refractivity (Wildman–Crippen MR) is 96.2 cm³/mol. The van der Waals surface area contributed by atoms with Crippen molar-refractivity contribution in [2.45, 2.75) is 24.9 Å². The van der Waals surface area contributed by atoms with Gasteiger partial charge in [0.05, 0.1) is 25.4 Å². The first-order valence-electron chi connectivity index (χ1n) is 8.39. The zero-order chi connectivity index (χ0) is 19.1. The van der Waals surface area contributed by atoms with Crippen molar-refractivity contribution in [3.63, 3.8) is 0 Å². The van der Waals surface area contributed by atoms with Crippen LogP contribution in [-0.2, 0) is 4.74 Å². The second kappa shape index (κ2) is 6.65. The van der Waals surface area contributed by atoms with Gasteiger partial charge < -0.3 is 25.4 Å². The normalized spacial score (nSPS) is 22.4. The largest absolute Gasteiger partial charge is 0.496 e. The lowest BCUT2D eigenvalue weighted by atomic mass is 10.1. The maximum atomic E-state index is 12.3. The van der Waals surface area contributed by atoms with Gasteiger partial charge in [0, 0.05) is 6.42 Å². The highest BCUT2D eigenvalue weighted by Gasteiger charge is 2.37. The number of nitrogens with zero attached hydrogens (tertiary/aromatic N) is 3. The number of nitrogen functional groups attached to an aromatic ring is 1. The molecule has 10 heteroatoms. The minimum atomic E-state index is -0.859. The van der Waals surface area contributed by atoms with Crippen molar-refractivity contribution in [1.29, 1.82) is 0 Å². The summed E-state index contributed by atoms with van der Waals surface area (Å²) in [5.41, 5.74) is 6.18. The summed E-state index contributed by atoms with van der Waals surface area (Å²) in [7, 11) is 1.53. The van der Waals surface area contributed by atoms with Gasteiger partial charge in [0.15, 0.2) is 11.2 Å². The van der Waals surface area contributed by atoms with Gasteiger partial charge in [-0.15, -0.1) is 0 Å². The molecule has 0 saturated carbocycles. The molecule has 3 heterocycles. The molecule has 1 aliphatic heterocycles. The van der Waals surface area contributed by atoms with Crippen molar-refractivity contribution >= 4 is 17.1 Å². The van der Waals surface area contributed by atoms with E-state index in [9.17, 15) is 15.0 Å². The van der Waals surface area contributed by atoms with Crippen molar-refractivity contribution in [3.05, 3.63) is 34.6 Å². The summed E-state index contributed by atoms with van der Waals surface area (Å²) in [6, 6.07) is 7.19. The van der Waals surface area contributed by atoms with Crippen LogP contribution in [0.3, 0.4) is 0 Å². The molecule has 27 heavy (non-hydrogen) atoms. The molecule has 142 valence electrons. The Hall–Kier alpha value is -2.95. The number of nitrogens with two attached hydrogens (primary N) is 1. The summed E-state index contributed by atoms with van der Waals surface area (Å²) in [6.45, 7) is -0.329. The zero-order valence-corrected chi connectivity index (χ0v) is 14.5. The van der Waals surface area contributed by atoms with E-state index in [2.05, 4.69) is 15.0 Å².